The maximum absolute atomic E-state index is 12.8. The number of rotatable bonds is 3. The first-order valence-corrected chi connectivity index (χ1v) is 9.25. The van der Waals surface area contributed by atoms with Crippen LogP contribution in [0.1, 0.15) is 10.4 Å². The molecule has 0 saturated carbocycles. The van der Waals surface area contributed by atoms with E-state index in [-0.39, 0.29) is 32.4 Å². The van der Waals surface area contributed by atoms with E-state index < -0.39 is 5.91 Å². The van der Waals surface area contributed by atoms with Crippen LogP contribution in [-0.2, 0) is 7.05 Å². The third kappa shape index (κ3) is 3.43. The summed E-state index contributed by atoms with van der Waals surface area (Å²) in [6, 6.07) is 7.68. The second kappa shape index (κ2) is 7.73. The van der Waals surface area contributed by atoms with Crippen LogP contribution in [0, 0.1) is 0 Å². The van der Waals surface area contributed by atoms with Crippen LogP contribution in [0.2, 0.25) is 5.02 Å². The molecule has 2 heterocycles. The second-order valence-electron chi connectivity index (χ2n) is 6.82. The number of halogens is 1. The van der Waals surface area contributed by atoms with Gasteiger partial charge >= 0.3 is 0 Å². The number of imidazole rings is 1. The van der Waals surface area contributed by atoms with E-state index in [1.165, 1.54) is 0 Å². The summed E-state index contributed by atoms with van der Waals surface area (Å²) in [6.07, 6.45) is 5.18. The molecule has 8 radical (unpaired) electrons. The highest BCUT2D eigenvalue weighted by Gasteiger charge is 2.18. The zero-order valence-corrected chi connectivity index (χ0v) is 16.7. The normalized spacial score (nSPS) is 11.0. The number of pyridine rings is 1. The van der Waals surface area contributed by atoms with Crippen molar-refractivity contribution in [1.29, 1.82) is 0 Å². The van der Waals surface area contributed by atoms with E-state index in [0.717, 1.165) is 22.0 Å². The Bertz CT molecular complexity index is 1290. The number of amides is 1. The standard InChI is InChI=1S/C20H11B4ClN4O/c1-29-8-26-7-12(29)9-2-3-10-6-27-13(5-11(10)4-9)28-20(30)14-15(21)17(23)19(25)18(24)16(14)22/h2-8H,1H3,(H,27,28,30). The average molecular weight is 402 g/mol. The van der Waals surface area contributed by atoms with Crippen LogP contribution in [0.4, 0.5) is 5.82 Å². The topological polar surface area (TPSA) is 59.8 Å². The van der Waals surface area contributed by atoms with Crippen LogP contribution in [-0.4, -0.2) is 51.8 Å². The van der Waals surface area contributed by atoms with Gasteiger partial charge in [-0.1, -0.05) is 45.6 Å². The van der Waals surface area contributed by atoms with Crippen LogP contribution in [0.15, 0.2) is 43.0 Å². The summed E-state index contributed by atoms with van der Waals surface area (Å²) in [7, 11) is 25.5. The van der Waals surface area contributed by atoms with Crippen molar-refractivity contribution in [2.45, 2.75) is 0 Å². The molecule has 0 unspecified atom stereocenters. The Labute approximate surface area is 183 Å². The number of benzene rings is 2. The third-order valence-electron chi connectivity index (χ3n) is 4.89. The first kappa shape index (κ1) is 20.4. The number of nitrogens with one attached hydrogen (secondary N) is 1. The predicted octanol–water partition coefficient (Wildman–Crippen LogP) is -0.284. The molecule has 4 aromatic rings. The number of hydrogen-bond donors (Lipinski definition) is 1. The number of nitrogens with zero attached hydrogens (tertiary/aromatic N) is 3. The van der Waals surface area contributed by atoms with E-state index in [1.807, 2.05) is 29.8 Å². The zero-order valence-electron chi connectivity index (χ0n) is 16.0. The minimum absolute atomic E-state index is 0.000747. The lowest BCUT2D eigenvalue weighted by Gasteiger charge is -2.18. The quantitative estimate of drug-likeness (QED) is 0.480. The van der Waals surface area contributed by atoms with Crippen molar-refractivity contribution in [3.63, 3.8) is 0 Å². The summed E-state index contributed by atoms with van der Waals surface area (Å²) >= 11 is 6.00. The van der Waals surface area contributed by atoms with Crippen LogP contribution >= 0.6 is 11.6 Å². The molecule has 0 atom stereocenters. The van der Waals surface area contributed by atoms with Crippen LogP contribution in [0.5, 0.6) is 0 Å². The molecule has 0 saturated heterocycles. The Balaban J connectivity index is 1.71. The number of carbonyl (C=O) groups excluding carboxylic acids is 1. The van der Waals surface area contributed by atoms with Gasteiger partial charge in [0.05, 0.1) is 18.2 Å². The van der Waals surface area contributed by atoms with E-state index >= 15 is 0 Å². The fourth-order valence-corrected chi connectivity index (χ4v) is 3.43. The van der Waals surface area contributed by atoms with E-state index in [1.54, 1.807) is 24.8 Å². The number of hydrogen-bond acceptors (Lipinski definition) is 3. The molecule has 0 bridgehead atoms. The molecule has 2 aromatic heterocycles. The molecule has 0 aliphatic heterocycles. The largest absolute Gasteiger partial charge is 0.334 e. The van der Waals surface area contributed by atoms with Gasteiger partial charge in [0.15, 0.2) is 0 Å². The average Bonchev–Trinajstić information content (AvgIpc) is 3.16. The van der Waals surface area contributed by atoms with Gasteiger partial charge in [0.25, 0.3) is 5.91 Å². The van der Waals surface area contributed by atoms with Gasteiger partial charge in [0.1, 0.15) is 37.2 Å². The van der Waals surface area contributed by atoms with Gasteiger partial charge in [-0.15, -0.1) is 0 Å². The lowest BCUT2D eigenvalue weighted by molar-refractivity contribution is 0.102. The molecule has 136 valence electrons. The van der Waals surface area contributed by atoms with Crippen LogP contribution in [0.25, 0.3) is 22.0 Å². The Morgan fingerprint density at radius 1 is 1.00 bits per heavy atom. The molecule has 4 rings (SSSR count). The molecule has 30 heavy (non-hydrogen) atoms. The molecule has 2 aromatic carbocycles. The van der Waals surface area contributed by atoms with Crippen molar-refractivity contribution in [1.82, 2.24) is 14.5 Å². The monoisotopic (exact) mass is 402 g/mol. The van der Waals surface area contributed by atoms with Crippen molar-refractivity contribution in [2.24, 2.45) is 7.05 Å². The fraction of sp³-hybridized carbons (Fsp3) is 0.0500. The van der Waals surface area contributed by atoms with Gasteiger partial charge in [-0.2, -0.15) is 0 Å². The van der Waals surface area contributed by atoms with Gasteiger partial charge in [-0.05, 0) is 17.5 Å². The SMILES string of the molecule is [B]c1c([B])c(C(=O)Nc2cc3cc(-c4cncn4C)ccc3cn2)c([B])c([B])c1Cl. The van der Waals surface area contributed by atoms with Crippen LogP contribution < -0.4 is 27.2 Å². The Hall–Kier alpha value is -2.92. The van der Waals surface area contributed by atoms with Crippen molar-refractivity contribution in [2.75, 3.05) is 5.32 Å². The summed E-state index contributed by atoms with van der Waals surface area (Å²) < 4.78 is 1.92. The summed E-state index contributed by atoms with van der Waals surface area (Å²) in [5.41, 5.74) is 1.83. The van der Waals surface area contributed by atoms with Crippen molar-refractivity contribution in [3.05, 3.63) is 53.6 Å². The van der Waals surface area contributed by atoms with Crippen LogP contribution in [0.3, 0.4) is 0 Å². The minimum atomic E-state index is -0.588. The number of carbonyl (C=O) groups is 1. The minimum Gasteiger partial charge on any atom is -0.334 e. The molecule has 10 heteroatoms. The summed E-state index contributed by atoms with van der Waals surface area (Å²) in [4.78, 5) is 21.3. The molecule has 0 fully saturated rings. The lowest BCUT2D eigenvalue weighted by Crippen LogP contribution is -2.47. The van der Waals surface area contributed by atoms with Gasteiger partial charge in [0.2, 0.25) is 0 Å². The van der Waals surface area contributed by atoms with Gasteiger partial charge in [0, 0.05) is 34.8 Å². The second-order valence-corrected chi connectivity index (χ2v) is 7.20. The Morgan fingerprint density at radius 3 is 2.33 bits per heavy atom. The summed E-state index contributed by atoms with van der Waals surface area (Å²) in [6.45, 7) is 0. The molecular formula is C20H11B4ClN4O. The lowest BCUT2D eigenvalue weighted by atomic mass is 9.67. The first-order chi connectivity index (χ1) is 14.3. The predicted molar refractivity (Wildman–Crippen MR) is 125 cm³/mol. The molecular weight excluding hydrogens is 391 g/mol. The zero-order chi connectivity index (χ0) is 21.6. The number of anilines is 1. The van der Waals surface area contributed by atoms with E-state index in [2.05, 4.69) is 15.3 Å². The number of aromatic nitrogens is 3. The molecule has 0 aliphatic rings. The third-order valence-corrected chi connectivity index (χ3v) is 5.30. The van der Waals surface area contributed by atoms with Crippen molar-refractivity contribution < 1.29 is 4.79 Å². The highest BCUT2D eigenvalue weighted by atomic mass is 35.5. The maximum Gasteiger partial charge on any atom is 0.255 e. The summed E-state index contributed by atoms with van der Waals surface area (Å²) in [5, 5.41) is 4.51. The van der Waals surface area contributed by atoms with E-state index in [0.29, 0.717) is 5.82 Å². The van der Waals surface area contributed by atoms with Crippen molar-refractivity contribution in [3.8, 4) is 11.3 Å². The molecule has 5 nitrogen and oxygen atoms in total. The fourth-order valence-electron chi connectivity index (χ4n) is 3.22. The molecule has 0 aliphatic carbocycles. The molecule has 0 spiro atoms. The first-order valence-electron chi connectivity index (χ1n) is 8.87. The van der Waals surface area contributed by atoms with E-state index in [4.69, 9.17) is 43.0 Å². The van der Waals surface area contributed by atoms with Gasteiger partial charge in [-0.3, -0.25) is 4.79 Å². The Morgan fingerprint density at radius 2 is 1.70 bits per heavy atom. The summed E-state index contributed by atoms with van der Waals surface area (Å²) in [5.74, 6) is -0.268. The Kier molecular flexibility index (Phi) is 5.24. The highest BCUT2D eigenvalue weighted by Crippen LogP contribution is 2.25. The number of fused-ring (bicyclic) bond motifs is 1. The van der Waals surface area contributed by atoms with E-state index in [9.17, 15) is 4.79 Å². The van der Waals surface area contributed by atoms with Crippen molar-refractivity contribution >= 4 is 87.3 Å². The smallest absolute Gasteiger partial charge is 0.255 e. The molecule has 1 N–H and O–H groups in total. The highest BCUT2D eigenvalue weighted by molar-refractivity contribution is 6.65. The van der Waals surface area contributed by atoms with Gasteiger partial charge in [-0.25, -0.2) is 9.97 Å². The van der Waals surface area contributed by atoms with Gasteiger partial charge < -0.3 is 9.88 Å². The number of aryl methyl sites for hydroxylation is 1. The maximum atomic E-state index is 12.8. The molecule has 1 amide bonds.